The molecule has 99 heavy (non-hydrogen) atoms. The molecule has 0 radical (unpaired) electrons. The Kier molecular flexibility index (Phi) is 24.1. The third kappa shape index (κ3) is 20.3. The summed E-state index contributed by atoms with van der Waals surface area (Å²) in [5.74, 6) is 9.90. The number of nitrogens with one attached hydrogen (secondary N) is 3. The van der Waals surface area contributed by atoms with E-state index < -0.39 is 0 Å². The van der Waals surface area contributed by atoms with Crippen LogP contribution in [0.25, 0.3) is 0 Å². The van der Waals surface area contributed by atoms with Crippen LogP contribution in [0.3, 0.4) is 0 Å². The van der Waals surface area contributed by atoms with Gasteiger partial charge in [0.25, 0.3) is 0 Å². The minimum Gasteiger partial charge on any atom is -0.497 e. The number of hydrogen-bond donors (Lipinski definition) is 3. The van der Waals surface area contributed by atoms with Crippen molar-refractivity contribution in [2.24, 2.45) is 0 Å². The maximum Gasteiger partial charge on any atom is 0.229 e. The first-order valence-corrected chi connectivity index (χ1v) is 34.1. The molecular formula is C77H92ClN19O2. The van der Waals surface area contributed by atoms with Crippen LogP contribution < -0.4 is 59.7 Å². The van der Waals surface area contributed by atoms with E-state index in [0.29, 0.717) is 6.61 Å². The predicted molar refractivity (Wildman–Crippen MR) is 407 cm³/mol. The van der Waals surface area contributed by atoms with Gasteiger partial charge in [-0.1, -0.05) is 120 Å². The van der Waals surface area contributed by atoms with Crippen molar-refractivity contribution in [1.29, 1.82) is 0 Å². The first kappa shape index (κ1) is 69.9. The fourth-order valence-electron chi connectivity index (χ4n) is 11.5. The van der Waals surface area contributed by atoms with Crippen LogP contribution in [0.4, 0.5) is 75.6 Å². The summed E-state index contributed by atoms with van der Waals surface area (Å²) in [6, 6.07) is 63.3. The molecule has 7 heterocycles. The molecule has 3 aliphatic rings. The monoisotopic (exact) mass is 1350 g/mol. The number of piperazine rings is 3. The van der Waals surface area contributed by atoms with Crippen LogP contribution >= 0.6 is 11.6 Å². The lowest BCUT2D eigenvalue weighted by atomic mass is 10.2. The van der Waals surface area contributed by atoms with Crippen LogP contribution in [0.5, 0.6) is 11.5 Å². The number of rotatable bonds is 21. The number of nitrogens with zero attached hydrogens (tertiary/aromatic N) is 16. The molecule has 0 atom stereocenters. The summed E-state index contributed by atoms with van der Waals surface area (Å²) in [6.45, 7) is 17.4. The summed E-state index contributed by atoms with van der Waals surface area (Å²) >= 11 is 6.29. The molecule has 3 fully saturated rings. The summed E-state index contributed by atoms with van der Waals surface area (Å²) in [5.41, 5.74) is 8.90. The number of aromatic nitrogens is 7. The van der Waals surface area contributed by atoms with Crippen LogP contribution in [0.15, 0.2) is 194 Å². The topological polar surface area (TPSA) is 174 Å². The van der Waals surface area contributed by atoms with Gasteiger partial charge in [0.05, 0.1) is 7.11 Å². The molecule has 22 heteroatoms. The summed E-state index contributed by atoms with van der Waals surface area (Å²) < 4.78 is 11.4. The quantitative estimate of drug-likeness (QED) is 0.0619. The molecule has 0 spiro atoms. The Bertz CT molecular complexity index is 4150. The summed E-state index contributed by atoms with van der Waals surface area (Å²) in [6.07, 6.45) is 1.84. The molecule has 3 saturated heterocycles. The highest BCUT2D eigenvalue weighted by Crippen LogP contribution is 2.30. The zero-order valence-corrected chi connectivity index (χ0v) is 59.2. The van der Waals surface area contributed by atoms with Crippen molar-refractivity contribution in [3.05, 3.63) is 227 Å². The third-order valence-corrected chi connectivity index (χ3v) is 17.6. The second-order valence-electron chi connectivity index (χ2n) is 25.5. The van der Waals surface area contributed by atoms with E-state index >= 15 is 0 Å². The fraction of sp³-hybridized carbons (Fsp3) is 0.312. The highest BCUT2D eigenvalue weighted by atomic mass is 35.5. The summed E-state index contributed by atoms with van der Waals surface area (Å²) in [7, 11) is 13.7. The number of hydrogen-bond acceptors (Lipinski definition) is 21. The second kappa shape index (κ2) is 34.1. The fourth-order valence-corrected chi connectivity index (χ4v) is 11.7. The third-order valence-electron chi connectivity index (χ3n) is 17.2. The van der Waals surface area contributed by atoms with Gasteiger partial charge in [-0.3, -0.25) is 9.80 Å². The number of ether oxygens (including phenoxy) is 2. The molecule has 0 saturated carbocycles. The maximum absolute atomic E-state index is 6.29. The van der Waals surface area contributed by atoms with Crippen LogP contribution in [0.1, 0.15) is 27.8 Å². The Balaban J connectivity index is 0.000000151. The van der Waals surface area contributed by atoms with Gasteiger partial charge in [-0.15, -0.1) is 0 Å². The standard InChI is InChI=1S/C28H31N7O.C25H32N6O.C24H29ClN6/c1-33(2)27-20-25(30-23-11-8-12-24(19-23)36-21-22-9-4-3-5-10-22)31-28(32-27)35-17-15-34(16-18-35)26-13-6-7-14-29-26;1-19-8-10-21(11-9-19)26-23-17-24(29(2)3)28-25(27-23)31-14-12-30(13-15-31)18-20-6-5-7-22(16-20)32-4;1-18-9-10-20(15-21(18)25)26-22-16-23(29(2)3)28-24(27-22)31-13-11-30(12-14-31)17-19-7-5-4-6-8-19/h3-14,19-20H,15-18,21H2,1-2H3,(H,30,31,32);5-11,16-17H,12-15,18H2,1-4H3,(H,26,27,28);4-10,15-16H,11-14,17H2,1-3H3,(H,26,27,28). The molecule has 6 aromatic carbocycles. The number of methoxy groups -OCH3 is 1. The number of halogens is 1. The molecule has 13 rings (SSSR count). The Morgan fingerprint density at radius 1 is 0.404 bits per heavy atom. The number of anilines is 13. The van der Waals surface area contributed by atoms with E-state index in [1.165, 1.54) is 16.7 Å². The zero-order valence-electron chi connectivity index (χ0n) is 58.4. The predicted octanol–water partition coefficient (Wildman–Crippen LogP) is 13.1. The minimum atomic E-state index is 0.525. The van der Waals surface area contributed by atoms with Gasteiger partial charge in [0, 0.05) is 186 Å². The van der Waals surface area contributed by atoms with Crippen molar-refractivity contribution >= 4 is 87.2 Å². The first-order chi connectivity index (χ1) is 48.1. The Hall–Kier alpha value is -10.5. The lowest BCUT2D eigenvalue weighted by Crippen LogP contribution is -2.47. The van der Waals surface area contributed by atoms with Crippen LogP contribution in [0.2, 0.25) is 5.02 Å². The van der Waals surface area contributed by atoms with E-state index in [0.717, 1.165) is 195 Å². The minimum absolute atomic E-state index is 0.525. The van der Waals surface area contributed by atoms with E-state index in [9.17, 15) is 0 Å². The first-order valence-electron chi connectivity index (χ1n) is 33.7. The van der Waals surface area contributed by atoms with Gasteiger partial charge in [0.1, 0.15) is 58.8 Å². The lowest BCUT2D eigenvalue weighted by molar-refractivity contribution is 0.248. The van der Waals surface area contributed by atoms with E-state index in [2.05, 4.69) is 142 Å². The normalized spacial score (nSPS) is 14.0. The Morgan fingerprint density at radius 3 is 1.35 bits per heavy atom. The SMILES string of the molecule is CN(C)c1cc(Nc2cccc(OCc3ccccc3)c2)nc(N2CCN(c3ccccn3)CC2)n1.COc1cccc(CN2CCN(c3nc(Nc4ccc(C)cc4)cc(N(C)C)n3)CC2)c1.Cc1ccc(Nc2cc(N(C)C)nc(N3CCN(Cc4ccccc4)CC3)n2)cc1Cl. The van der Waals surface area contributed by atoms with Gasteiger partial charge in [-0.25, -0.2) is 4.98 Å². The average molecular weight is 1350 g/mol. The van der Waals surface area contributed by atoms with Crippen molar-refractivity contribution in [1.82, 2.24) is 44.7 Å². The molecule has 0 aliphatic carbocycles. The van der Waals surface area contributed by atoms with E-state index in [-0.39, 0.29) is 0 Å². The highest BCUT2D eigenvalue weighted by molar-refractivity contribution is 6.31. The van der Waals surface area contributed by atoms with E-state index in [1.54, 1.807) is 7.11 Å². The molecule has 4 aromatic heterocycles. The zero-order chi connectivity index (χ0) is 69.0. The van der Waals surface area contributed by atoms with Gasteiger partial charge in [0.2, 0.25) is 17.8 Å². The van der Waals surface area contributed by atoms with Gasteiger partial charge in [0.15, 0.2) is 0 Å². The van der Waals surface area contributed by atoms with Crippen LogP contribution in [-0.4, -0.2) is 173 Å². The van der Waals surface area contributed by atoms with E-state index in [4.69, 9.17) is 51.0 Å². The van der Waals surface area contributed by atoms with Crippen LogP contribution in [-0.2, 0) is 19.7 Å². The van der Waals surface area contributed by atoms with Gasteiger partial charge in [-0.05, 0) is 96.8 Å². The molecule has 0 unspecified atom stereocenters. The van der Waals surface area contributed by atoms with Gasteiger partial charge in [-0.2, -0.15) is 29.9 Å². The van der Waals surface area contributed by atoms with Crippen molar-refractivity contribution < 1.29 is 9.47 Å². The molecule has 10 aromatic rings. The Labute approximate surface area is 588 Å². The number of benzene rings is 6. The number of aryl methyl sites for hydroxylation is 2. The molecule has 21 nitrogen and oxygen atoms in total. The van der Waals surface area contributed by atoms with Crippen LogP contribution in [0, 0.1) is 13.8 Å². The summed E-state index contributed by atoms with van der Waals surface area (Å²) in [4.78, 5) is 53.4. The molecular weight excluding hydrogens is 1260 g/mol. The number of pyridine rings is 1. The van der Waals surface area contributed by atoms with Crippen molar-refractivity contribution in [2.45, 2.75) is 33.5 Å². The van der Waals surface area contributed by atoms with Crippen molar-refractivity contribution in [3.63, 3.8) is 0 Å². The second-order valence-corrected chi connectivity index (χ2v) is 25.9. The highest BCUT2D eigenvalue weighted by Gasteiger charge is 2.25. The molecule has 514 valence electrons. The lowest BCUT2D eigenvalue weighted by Gasteiger charge is -2.35. The largest absolute Gasteiger partial charge is 0.497 e. The molecule has 3 N–H and O–H groups in total. The smallest absolute Gasteiger partial charge is 0.229 e. The van der Waals surface area contributed by atoms with E-state index in [1.807, 2.05) is 173 Å². The molecule has 0 amide bonds. The maximum atomic E-state index is 6.29. The van der Waals surface area contributed by atoms with Gasteiger partial charge < -0.3 is 59.7 Å². The average Bonchev–Trinajstić information content (AvgIpc) is 0.853. The molecule has 3 aliphatic heterocycles. The Morgan fingerprint density at radius 2 is 0.848 bits per heavy atom. The van der Waals surface area contributed by atoms with Crippen molar-refractivity contribution in [2.75, 3.05) is 178 Å². The molecule has 0 bridgehead atoms. The van der Waals surface area contributed by atoms with Crippen molar-refractivity contribution in [3.8, 4) is 11.5 Å². The summed E-state index contributed by atoms with van der Waals surface area (Å²) in [5, 5.41) is 11.0. The van der Waals surface area contributed by atoms with Gasteiger partial charge >= 0.3 is 0 Å².